The summed E-state index contributed by atoms with van der Waals surface area (Å²) >= 11 is 0. The van der Waals surface area contributed by atoms with Crippen molar-refractivity contribution in [3.05, 3.63) is 0 Å². The summed E-state index contributed by atoms with van der Waals surface area (Å²) in [5.74, 6) is 0.422. The Morgan fingerprint density at radius 3 is 3.15 bits per heavy atom. The van der Waals surface area contributed by atoms with E-state index in [1.54, 1.807) is 0 Å². The molecule has 2 heteroatoms. The summed E-state index contributed by atoms with van der Waals surface area (Å²) in [5.41, 5.74) is -0.513. The predicted molar refractivity (Wildman–Crippen MR) is 52.5 cm³/mol. The zero-order chi connectivity index (χ0) is 11.3. The zero-order valence-corrected chi connectivity index (χ0v) is 8.52. The maximum Gasteiger partial charge on any atom is 0.115 e. The van der Waals surface area contributed by atoms with Crippen LogP contribution in [0.4, 0.5) is 4.39 Å². The Labute approximate surface area is 83.1 Å². The van der Waals surface area contributed by atoms with E-state index in [1.165, 1.54) is 0 Å². The third-order valence-corrected chi connectivity index (χ3v) is 3.16. The molecule has 0 aromatic rings. The number of hydrogen-bond donors (Lipinski definition) is 0. The van der Waals surface area contributed by atoms with Crippen molar-refractivity contribution in [2.24, 2.45) is 5.92 Å². The standard InChI is InChI=1S/C11H20FN/c1-9(2)6-11-4-3-5-13(11)8-10(12)7-11/h9-10H,3-8H2,1-2H3/t10-,11-/m1/s1/i4D2. The first-order valence-corrected chi connectivity index (χ1v) is 5.26. The normalized spacial score (nSPS) is 46.3. The smallest absolute Gasteiger partial charge is 0.115 e. The fourth-order valence-electron chi connectivity index (χ4n) is 2.85. The van der Waals surface area contributed by atoms with E-state index in [1.807, 2.05) is 0 Å². The van der Waals surface area contributed by atoms with Crippen LogP contribution in [-0.4, -0.2) is 29.7 Å². The molecule has 0 aromatic heterocycles. The van der Waals surface area contributed by atoms with Crippen molar-refractivity contribution in [2.75, 3.05) is 13.1 Å². The van der Waals surface area contributed by atoms with E-state index in [0.29, 0.717) is 25.3 Å². The molecule has 2 fully saturated rings. The summed E-state index contributed by atoms with van der Waals surface area (Å²) in [6, 6.07) is 0. The molecule has 0 unspecified atom stereocenters. The molecule has 0 N–H and O–H groups in total. The van der Waals surface area contributed by atoms with Gasteiger partial charge in [0.2, 0.25) is 0 Å². The summed E-state index contributed by atoms with van der Waals surface area (Å²) in [6.07, 6.45) is -0.317. The predicted octanol–water partition coefficient (Wildman–Crippen LogP) is 2.61. The lowest BCUT2D eigenvalue weighted by Gasteiger charge is -2.33. The minimum absolute atomic E-state index is 0.387. The van der Waals surface area contributed by atoms with Gasteiger partial charge in [-0.2, -0.15) is 0 Å². The van der Waals surface area contributed by atoms with Crippen molar-refractivity contribution in [1.29, 1.82) is 0 Å². The molecular formula is C11H20FN. The number of alkyl halides is 1. The molecule has 0 aromatic carbocycles. The average molecular weight is 187 g/mol. The molecule has 0 radical (unpaired) electrons. The Kier molecular flexibility index (Phi) is 1.79. The summed E-state index contributed by atoms with van der Waals surface area (Å²) in [4.78, 5) is 2.05. The van der Waals surface area contributed by atoms with Crippen LogP contribution in [0.15, 0.2) is 0 Å². The van der Waals surface area contributed by atoms with Gasteiger partial charge in [0, 0.05) is 14.8 Å². The topological polar surface area (TPSA) is 3.24 Å². The van der Waals surface area contributed by atoms with Crippen molar-refractivity contribution in [2.45, 2.75) is 51.2 Å². The molecular weight excluding hydrogens is 165 g/mol. The molecule has 0 spiro atoms. The Bertz CT molecular complexity index is 257. The molecule has 0 aliphatic carbocycles. The summed E-state index contributed by atoms with van der Waals surface area (Å²) < 4.78 is 29.7. The number of fused-ring (bicyclic) bond motifs is 1. The van der Waals surface area contributed by atoms with Crippen molar-refractivity contribution in [1.82, 2.24) is 4.90 Å². The van der Waals surface area contributed by atoms with Gasteiger partial charge < -0.3 is 0 Å². The van der Waals surface area contributed by atoms with Crippen LogP contribution in [0.25, 0.3) is 0 Å². The lowest BCUT2D eigenvalue weighted by atomic mass is 9.85. The second-order valence-corrected chi connectivity index (χ2v) is 4.80. The number of nitrogens with zero attached hydrogens (tertiary/aromatic N) is 1. The zero-order valence-electron chi connectivity index (χ0n) is 10.5. The molecule has 2 atom stereocenters. The third kappa shape index (κ3) is 1.61. The molecule has 13 heavy (non-hydrogen) atoms. The van der Waals surface area contributed by atoms with Crippen molar-refractivity contribution < 1.29 is 7.13 Å². The monoisotopic (exact) mass is 187 g/mol. The highest BCUT2D eigenvalue weighted by atomic mass is 19.1. The van der Waals surface area contributed by atoms with E-state index >= 15 is 0 Å². The second-order valence-electron chi connectivity index (χ2n) is 4.80. The third-order valence-electron chi connectivity index (χ3n) is 3.16. The summed E-state index contributed by atoms with van der Waals surface area (Å²) in [7, 11) is 0. The minimum Gasteiger partial charge on any atom is -0.295 e. The van der Waals surface area contributed by atoms with Crippen LogP contribution in [0.2, 0.25) is 0 Å². The lowest BCUT2D eigenvalue weighted by molar-refractivity contribution is 0.163. The van der Waals surface area contributed by atoms with Crippen LogP contribution in [-0.2, 0) is 0 Å². The van der Waals surface area contributed by atoms with E-state index in [-0.39, 0.29) is 0 Å². The Morgan fingerprint density at radius 1 is 1.69 bits per heavy atom. The van der Waals surface area contributed by atoms with E-state index < -0.39 is 18.1 Å². The maximum atomic E-state index is 13.5. The highest BCUT2D eigenvalue weighted by Crippen LogP contribution is 2.43. The van der Waals surface area contributed by atoms with Gasteiger partial charge in [0.05, 0.1) is 0 Å². The Balaban J connectivity index is 2.28. The number of halogens is 1. The van der Waals surface area contributed by atoms with Crippen LogP contribution < -0.4 is 0 Å². The van der Waals surface area contributed by atoms with E-state index in [9.17, 15) is 4.39 Å². The first-order valence-electron chi connectivity index (χ1n) is 6.26. The van der Waals surface area contributed by atoms with Crippen LogP contribution in [0.1, 0.15) is 42.2 Å². The summed E-state index contributed by atoms with van der Waals surface area (Å²) in [6.45, 7) is 5.34. The number of hydrogen-bond acceptors (Lipinski definition) is 1. The molecule has 2 heterocycles. The van der Waals surface area contributed by atoms with Gasteiger partial charge in [-0.05, 0) is 38.1 Å². The van der Waals surface area contributed by atoms with E-state index in [0.717, 1.165) is 13.0 Å². The Morgan fingerprint density at radius 2 is 2.46 bits per heavy atom. The van der Waals surface area contributed by atoms with E-state index in [2.05, 4.69) is 18.7 Å². The molecule has 2 aliphatic rings. The van der Waals surface area contributed by atoms with Crippen LogP contribution in [0.3, 0.4) is 0 Å². The highest BCUT2D eigenvalue weighted by Gasteiger charge is 2.48. The fourth-order valence-corrected chi connectivity index (χ4v) is 2.85. The molecule has 76 valence electrons. The van der Waals surface area contributed by atoms with Crippen molar-refractivity contribution >= 4 is 0 Å². The molecule has 0 bridgehead atoms. The first-order chi connectivity index (χ1) is 6.87. The van der Waals surface area contributed by atoms with Gasteiger partial charge in [-0.15, -0.1) is 0 Å². The van der Waals surface area contributed by atoms with Gasteiger partial charge in [-0.1, -0.05) is 13.8 Å². The second kappa shape index (κ2) is 3.23. The lowest BCUT2D eigenvalue weighted by Crippen LogP contribution is -2.39. The molecule has 2 saturated heterocycles. The first kappa shape index (κ1) is 7.22. The van der Waals surface area contributed by atoms with Crippen LogP contribution >= 0.6 is 0 Å². The van der Waals surface area contributed by atoms with Crippen molar-refractivity contribution in [3.8, 4) is 0 Å². The fraction of sp³-hybridized carbons (Fsp3) is 1.00. The van der Waals surface area contributed by atoms with Gasteiger partial charge in [0.15, 0.2) is 0 Å². The van der Waals surface area contributed by atoms with Crippen molar-refractivity contribution in [3.63, 3.8) is 0 Å². The quantitative estimate of drug-likeness (QED) is 0.642. The van der Waals surface area contributed by atoms with Crippen LogP contribution in [0, 0.1) is 5.92 Å². The molecule has 1 nitrogen and oxygen atoms in total. The maximum absolute atomic E-state index is 13.5. The van der Waals surface area contributed by atoms with Gasteiger partial charge in [0.25, 0.3) is 0 Å². The minimum atomic E-state index is -1.21. The average Bonchev–Trinajstić information content (AvgIpc) is 2.48. The molecule has 2 aliphatic heterocycles. The molecule has 0 amide bonds. The van der Waals surface area contributed by atoms with E-state index in [4.69, 9.17) is 2.74 Å². The molecule has 0 saturated carbocycles. The van der Waals surface area contributed by atoms with Gasteiger partial charge in [0.1, 0.15) is 6.17 Å². The van der Waals surface area contributed by atoms with Crippen LogP contribution in [0.5, 0.6) is 0 Å². The summed E-state index contributed by atoms with van der Waals surface area (Å²) in [5, 5.41) is 0. The SMILES string of the molecule is [2H]C1([2H])CCN2C[C@H](F)C[C@@]21CC(C)C. The number of rotatable bonds is 2. The van der Waals surface area contributed by atoms with Gasteiger partial charge >= 0.3 is 0 Å². The molecule has 2 rings (SSSR count). The Hall–Kier alpha value is -0.110. The van der Waals surface area contributed by atoms with Gasteiger partial charge in [-0.3, -0.25) is 4.90 Å². The largest absolute Gasteiger partial charge is 0.295 e. The van der Waals surface area contributed by atoms with Gasteiger partial charge in [-0.25, -0.2) is 4.39 Å². The highest BCUT2D eigenvalue weighted by molar-refractivity contribution is 5.03.